The van der Waals surface area contributed by atoms with Crippen LogP contribution in [-0.4, -0.2) is 35.4 Å². The summed E-state index contributed by atoms with van der Waals surface area (Å²) in [6, 6.07) is 0. The van der Waals surface area contributed by atoms with Crippen molar-refractivity contribution in [1.82, 2.24) is 5.32 Å². The van der Waals surface area contributed by atoms with Crippen LogP contribution in [0.25, 0.3) is 0 Å². The molecule has 15 heavy (non-hydrogen) atoms. The molecule has 0 bridgehead atoms. The van der Waals surface area contributed by atoms with Gasteiger partial charge in [-0.05, 0) is 18.3 Å². The molecule has 0 heterocycles. The maximum absolute atomic E-state index is 11.3. The fourth-order valence-corrected chi connectivity index (χ4v) is 1.08. The lowest BCUT2D eigenvalue weighted by atomic mass is 9.93. The summed E-state index contributed by atoms with van der Waals surface area (Å²) in [5.41, 5.74) is 0. The molecular weight excluding hydrogens is 194 g/mol. The van der Waals surface area contributed by atoms with Gasteiger partial charge in [0.15, 0.2) is 0 Å². The van der Waals surface area contributed by atoms with E-state index in [1.807, 2.05) is 0 Å². The van der Waals surface area contributed by atoms with E-state index in [1.54, 1.807) is 0 Å². The monoisotopic (exact) mass is 217 g/mol. The number of aliphatic hydroxyl groups is 2. The average molecular weight is 217 g/mol. The lowest BCUT2D eigenvalue weighted by Gasteiger charge is -2.15. The van der Waals surface area contributed by atoms with Crippen LogP contribution in [0.15, 0.2) is 0 Å². The molecule has 1 amide bonds. The van der Waals surface area contributed by atoms with E-state index in [0.717, 1.165) is 6.42 Å². The second-order valence-corrected chi connectivity index (χ2v) is 4.40. The normalized spacial score (nSPS) is 15.1. The fourth-order valence-electron chi connectivity index (χ4n) is 1.08. The molecule has 0 aliphatic heterocycles. The van der Waals surface area contributed by atoms with Gasteiger partial charge in [0.1, 0.15) is 0 Å². The van der Waals surface area contributed by atoms with E-state index in [9.17, 15) is 4.79 Å². The van der Waals surface area contributed by atoms with E-state index in [1.165, 1.54) is 0 Å². The van der Waals surface area contributed by atoms with Crippen molar-refractivity contribution >= 4 is 5.91 Å². The van der Waals surface area contributed by atoms with Crippen LogP contribution in [-0.2, 0) is 4.79 Å². The highest BCUT2D eigenvalue weighted by atomic mass is 16.3. The van der Waals surface area contributed by atoms with Crippen molar-refractivity contribution in [2.24, 2.45) is 11.8 Å². The van der Waals surface area contributed by atoms with Gasteiger partial charge in [-0.3, -0.25) is 4.79 Å². The number of carbonyl (C=O) groups is 1. The van der Waals surface area contributed by atoms with Crippen molar-refractivity contribution in [3.63, 3.8) is 0 Å². The van der Waals surface area contributed by atoms with Crippen molar-refractivity contribution in [2.45, 2.75) is 39.7 Å². The SMILES string of the molecule is CC(C)C(C)CCC(=O)NCC(O)CO. The highest BCUT2D eigenvalue weighted by Crippen LogP contribution is 2.15. The number of hydrogen-bond acceptors (Lipinski definition) is 3. The second kappa shape index (κ2) is 7.65. The number of hydrogen-bond donors (Lipinski definition) is 3. The van der Waals surface area contributed by atoms with Crippen LogP contribution in [0.2, 0.25) is 0 Å². The van der Waals surface area contributed by atoms with Gasteiger partial charge in [-0.1, -0.05) is 20.8 Å². The molecule has 0 aliphatic rings. The van der Waals surface area contributed by atoms with Crippen molar-refractivity contribution in [3.8, 4) is 0 Å². The molecule has 2 atom stereocenters. The van der Waals surface area contributed by atoms with Crippen LogP contribution >= 0.6 is 0 Å². The largest absolute Gasteiger partial charge is 0.394 e. The molecule has 0 aromatic carbocycles. The molecule has 2 unspecified atom stereocenters. The van der Waals surface area contributed by atoms with Crippen LogP contribution in [0.1, 0.15) is 33.6 Å². The maximum Gasteiger partial charge on any atom is 0.220 e. The van der Waals surface area contributed by atoms with E-state index in [0.29, 0.717) is 18.3 Å². The minimum Gasteiger partial charge on any atom is -0.394 e. The quantitative estimate of drug-likeness (QED) is 0.582. The molecule has 3 N–H and O–H groups in total. The van der Waals surface area contributed by atoms with Crippen molar-refractivity contribution in [1.29, 1.82) is 0 Å². The standard InChI is InChI=1S/C11H23NO3/c1-8(2)9(3)4-5-11(15)12-6-10(14)7-13/h8-10,13-14H,4-7H2,1-3H3,(H,12,15). The highest BCUT2D eigenvalue weighted by Gasteiger charge is 2.10. The van der Waals surface area contributed by atoms with Gasteiger partial charge in [-0.2, -0.15) is 0 Å². The number of rotatable bonds is 7. The van der Waals surface area contributed by atoms with Gasteiger partial charge in [0, 0.05) is 13.0 Å². The molecule has 0 aromatic heterocycles. The van der Waals surface area contributed by atoms with Crippen LogP contribution in [0.3, 0.4) is 0 Å². The summed E-state index contributed by atoms with van der Waals surface area (Å²) in [7, 11) is 0. The lowest BCUT2D eigenvalue weighted by Crippen LogP contribution is -2.34. The first-order valence-corrected chi connectivity index (χ1v) is 5.53. The van der Waals surface area contributed by atoms with Crippen molar-refractivity contribution in [3.05, 3.63) is 0 Å². The summed E-state index contributed by atoms with van der Waals surface area (Å²) in [6.07, 6.45) is 0.493. The zero-order valence-electron chi connectivity index (χ0n) is 9.86. The van der Waals surface area contributed by atoms with E-state index < -0.39 is 6.10 Å². The number of carbonyl (C=O) groups excluding carboxylic acids is 1. The molecule has 4 nitrogen and oxygen atoms in total. The van der Waals surface area contributed by atoms with E-state index in [2.05, 4.69) is 26.1 Å². The van der Waals surface area contributed by atoms with Gasteiger partial charge in [-0.25, -0.2) is 0 Å². The van der Waals surface area contributed by atoms with Crippen LogP contribution in [0.5, 0.6) is 0 Å². The zero-order chi connectivity index (χ0) is 11.8. The molecule has 0 saturated carbocycles. The first-order valence-electron chi connectivity index (χ1n) is 5.53. The minimum atomic E-state index is -0.850. The number of aliphatic hydroxyl groups excluding tert-OH is 2. The van der Waals surface area contributed by atoms with Crippen LogP contribution in [0.4, 0.5) is 0 Å². The molecule has 0 aliphatic carbocycles. The topological polar surface area (TPSA) is 69.6 Å². The third kappa shape index (κ3) is 7.33. The molecule has 4 heteroatoms. The Morgan fingerprint density at radius 2 is 1.93 bits per heavy atom. The molecule has 90 valence electrons. The average Bonchev–Trinajstić information content (AvgIpc) is 2.21. The van der Waals surface area contributed by atoms with Crippen molar-refractivity contribution < 1.29 is 15.0 Å². The second-order valence-electron chi connectivity index (χ2n) is 4.40. The zero-order valence-corrected chi connectivity index (χ0v) is 9.86. The maximum atomic E-state index is 11.3. The Hall–Kier alpha value is -0.610. The first kappa shape index (κ1) is 14.4. The van der Waals surface area contributed by atoms with Crippen LogP contribution < -0.4 is 5.32 Å². The number of nitrogens with one attached hydrogen (secondary N) is 1. The fraction of sp³-hybridized carbons (Fsp3) is 0.909. The summed E-state index contributed by atoms with van der Waals surface area (Å²) >= 11 is 0. The summed E-state index contributed by atoms with van der Waals surface area (Å²) in [5.74, 6) is 1.05. The van der Waals surface area contributed by atoms with Gasteiger partial charge >= 0.3 is 0 Å². The Balaban J connectivity index is 3.58. The Labute approximate surface area is 91.7 Å². The summed E-state index contributed by atoms with van der Waals surface area (Å²) in [5, 5.41) is 20.1. The molecule has 0 saturated heterocycles. The van der Waals surface area contributed by atoms with E-state index in [4.69, 9.17) is 10.2 Å². The molecule has 0 fully saturated rings. The van der Waals surface area contributed by atoms with Gasteiger partial charge < -0.3 is 15.5 Å². The molecule has 0 rings (SSSR count). The predicted octanol–water partition coefficient (Wildman–Crippen LogP) is 0.528. The van der Waals surface area contributed by atoms with Gasteiger partial charge in [-0.15, -0.1) is 0 Å². The predicted molar refractivity (Wildman–Crippen MR) is 59.3 cm³/mol. The van der Waals surface area contributed by atoms with Crippen molar-refractivity contribution in [2.75, 3.05) is 13.2 Å². The Kier molecular flexibility index (Phi) is 7.34. The number of amides is 1. The smallest absolute Gasteiger partial charge is 0.220 e. The summed E-state index contributed by atoms with van der Waals surface area (Å²) in [6.45, 7) is 6.21. The lowest BCUT2D eigenvalue weighted by molar-refractivity contribution is -0.122. The van der Waals surface area contributed by atoms with Gasteiger partial charge in [0.2, 0.25) is 5.91 Å². The molecule has 0 aromatic rings. The third-order valence-corrected chi connectivity index (χ3v) is 2.71. The third-order valence-electron chi connectivity index (χ3n) is 2.71. The Bertz CT molecular complexity index is 183. The molecule has 0 spiro atoms. The van der Waals surface area contributed by atoms with E-state index >= 15 is 0 Å². The summed E-state index contributed by atoms with van der Waals surface area (Å²) < 4.78 is 0. The molecule has 0 radical (unpaired) electrons. The van der Waals surface area contributed by atoms with Gasteiger partial charge in [0.25, 0.3) is 0 Å². The minimum absolute atomic E-state index is 0.0602. The van der Waals surface area contributed by atoms with Gasteiger partial charge in [0.05, 0.1) is 12.7 Å². The Morgan fingerprint density at radius 1 is 1.33 bits per heavy atom. The van der Waals surface area contributed by atoms with E-state index in [-0.39, 0.29) is 19.1 Å². The summed E-state index contributed by atoms with van der Waals surface area (Å²) in [4.78, 5) is 11.3. The highest BCUT2D eigenvalue weighted by molar-refractivity contribution is 5.75. The molecular formula is C11H23NO3. The first-order chi connectivity index (χ1) is 6.97. The van der Waals surface area contributed by atoms with Crippen LogP contribution in [0, 0.1) is 11.8 Å². The Morgan fingerprint density at radius 3 is 2.40 bits per heavy atom.